The maximum atomic E-state index is 12.5. The van der Waals surface area contributed by atoms with E-state index in [1.54, 1.807) is 4.90 Å². The molecule has 0 unspecified atom stereocenters. The lowest BCUT2D eigenvalue weighted by atomic mass is 10.3. The third-order valence-corrected chi connectivity index (χ3v) is 4.22. The minimum Gasteiger partial charge on any atom is -0.395 e. The fourth-order valence-electron chi connectivity index (χ4n) is 1.94. The molecule has 1 heterocycles. The van der Waals surface area contributed by atoms with Gasteiger partial charge in [0.15, 0.2) is 5.13 Å². The van der Waals surface area contributed by atoms with Gasteiger partial charge >= 0.3 is 0 Å². The second-order valence-corrected chi connectivity index (χ2v) is 5.68. The third kappa shape index (κ3) is 3.61. The predicted molar refractivity (Wildman–Crippen MR) is 83.3 cm³/mol. The highest BCUT2D eigenvalue weighted by atomic mass is 32.1. The molecular weight excluding hydrogens is 276 g/mol. The summed E-state index contributed by atoms with van der Waals surface area (Å²) < 4.78 is 0. The van der Waals surface area contributed by atoms with Crippen molar-refractivity contribution in [2.45, 2.75) is 33.7 Å². The maximum absolute atomic E-state index is 12.5. The average molecular weight is 300 g/mol. The van der Waals surface area contributed by atoms with Crippen LogP contribution in [0, 0.1) is 0 Å². The van der Waals surface area contributed by atoms with Crippen molar-refractivity contribution < 1.29 is 9.90 Å². The summed E-state index contributed by atoms with van der Waals surface area (Å²) in [6, 6.07) is 0.00746. The Morgan fingerprint density at radius 3 is 2.45 bits per heavy atom. The van der Waals surface area contributed by atoms with Crippen molar-refractivity contribution in [3.8, 4) is 0 Å². The smallest absolute Gasteiger partial charge is 0.268 e. The van der Waals surface area contributed by atoms with Crippen molar-refractivity contribution in [3.63, 3.8) is 0 Å². The van der Waals surface area contributed by atoms with E-state index in [4.69, 9.17) is 10.8 Å². The van der Waals surface area contributed by atoms with E-state index in [9.17, 15) is 4.79 Å². The molecule has 1 amide bonds. The molecule has 0 aliphatic heterocycles. The van der Waals surface area contributed by atoms with E-state index < -0.39 is 0 Å². The summed E-state index contributed by atoms with van der Waals surface area (Å²) >= 11 is 1.31. The fraction of sp³-hybridized carbons (Fsp3) is 0.692. The lowest BCUT2D eigenvalue weighted by Crippen LogP contribution is -2.38. The zero-order valence-corrected chi connectivity index (χ0v) is 13.4. The summed E-state index contributed by atoms with van der Waals surface area (Å²) in [7, 11) is 0. The Hall–Kier alpha value is -1.34. The molecule has 0 fully saturated rings. The summed E-state index contributed by atoms with van der Waals surface area (Å²) in [5.74, 6) is 0.105. The van der Waals surface area contributed by atoms with Gasteiger partial charge < -0.3 is 20.6 Å². The van der Waals surface area contributed by atoms with Gasteiger partial charge in [-0.2, -0.15) is 0 Å². The molecule has 0 atom stereocenters. The lowest BCUT2D eigenvalue weighted by molar-refractivity contribution is 0.0671. The second-order valence-electron chi connectivity index (χ2n) is 4.70. The Balaban J connectivity index is 3.03. The Morgan fingerprint density at radius 1 is 1.40 bits per heavy atom. The quantitative estimate of drug-likeness (QED) is 0.795. The lowest BCUT2D eigenvalue weighted by Gasteiger charge is -2.25. The van der Waals surface area contributed by atoms with Crippen molar-refractivity contribution in [1.82, 2.24) is 9.88 Å². The van der Waals surface area contributed by atoms with E-state index in [-0.39, 0.29) is 24.4 Å². The summed E-state index contributed by atoms with van der Waals surface area (Å²) in [6.07, 6.45) is 0. The number of hydrogen-bond acceptors (Lipinski definition) is 6. The highest BCUT2D eigenvalue weighted by molar-refractivity contribution is 7.18. The SMILES string of the molecule is CCN(CC)c1nc(N)c(C(=O)N(CCO)C(C)C)s1. The molecular formula is C13H24N4O2S. The molecule has 0 aliphatic rings. The first-order chi connectivity index (χ1) is 9.46. The van der Waals surface area contributed by atoms with Crippen molar-refractivity contribution in [2.24, 2.45) is 0 Å². The molecule has 7 heteroatoms. The molecule has 1 aromatic heterocycles. The van der Waals surface area contributed by atoms with Crippen LogP contribution in [0.15, 0.2) is 0 Å². The van der Waals surface area contributed by atoms with Gasteiger partial charge in [-0.05, 0) is 27.7 Å². The number of hydrogen-bond donors (Lipinski definition) is 2. The van der Waals surface area contributed by atoms with Crippen LogP contribution in [-0.4, -0.2) is 53.2 Å². The highest BCUT2D eigenvalue weighted by Gasteiger charge is 2.24. The molecule has 0 saturated carbocycles. The molecule has 0 bridgehead atoms. The van der Waals surface area contributed by atoms with Gasteiger partial charge in [0.2, 0.25) is 0 Å². The van der Waals surface area contributed by atoms with Crippen molar-refractivity contribution in [2.75, 3.05) is 36.9 Å². The number of carbonyl (C=O) groups excluding carboxylic acids is 1. The molecule has 1 aromatic rings. The van der Waals surface area contributed by atoms with Crippen LogP contribution in [0.2, 0.25) is 0 Å². The van der Waals surface area contributed by atoms with E-state index in [1.807, 2.05) is 27.7 Å². The number of aromatic nitrogens is 1. The number of rotatable bonds is 7. The van der Waals surface area contributed by atoms with Gasteiger partial charge in [-0.25, -0.2) is 4.98 Å². The average Bonchev–Trinajstić information content (AvgIpc) is 2.78. The van der Waals surface area contributed by atoms with Gasteiger partial charge in [0.25, 0.3) is 5.91 Å². The Labute approximate surface area is 124 Å². The molecule has 0 aliphatic carbocycles. The van der Waals surface area contributed by atoms with Crippen LogP contribution < -0.4 is 10.6 Å². The van der Waals surface area contributed by atoms with Crippen molar-refractivity contribution in [3.05, 3.63) is 4.88 Å². The Bertz CT molecular complexity index is 444. The minimum atomic E-state index is -0.164. The summed E-state index contributed by atoms with van der Waals surface area (Å²) in [5.41, 5.74) is 5.89. The van der Waals surface area contributed by atoms with Crippen LogP contribution in [-0.2, 0) is 0 Å². The predicted octanol–water partition coefficient (Wildman–Crippen LogP) is 1.41. The highest BCUT2D eigenvalue weighted by Crippen LogP contribution is 2.29. The minimum absolute atomic E-state index is 0.00746. The number of thiazole rings is 1. The summed E-state index contributed by atoms with van der Waals surface area (Å²) in [4.78, 5) is 20.9. The number of nitrogens with two attached hydrogens (primary N) is 1. The van der Waals surface area contributed by atoms with Gasteiger partial charge in [-0.1, -0.05) is 11.3 Å². The van der Waals surface area contributed by atoms with E-state index >= 15 is 0 Å². The van der Waals surface area contributed by atoms with E-state index in [0.29, 0.717) is 11.4 Å². The van der Waals surface area contributed by atoms with E-state index in [2.05, 4.69) is 9.88 Å². The molecule has 6 nitrogen and oxygen atoms in total. The summed E-state index contributed by atoms with van der Waals surface area (Å²) in [5, 5.41) is 9.84. The normalized spacial score (nSPS) is 10.9. The zero-order chi connectivity index (χ0) is 15.3. The van der Waals surface area contributed by atoms with Crippen molar-refractivity contribution in [1.29, 1.82) is 0 Å². The van der Waals surface area contributed by atoms with Gasteiger partial charge in [0, 0.05) is 25.7 Å². The van der Waals surface area contributed by atoms with Crippen LogP contribution >= 0.6 is 11.3 Å². The Kier molecular flexibility index (Phi) is 6.22. The standard InChI is InChI=1S/C13H24N4O2S/c1-5-16(6-2)13-15-11(14)10(20-13)12(19)17(7-8-18)9(3)4/h9,18H,5-8,14H2,1-4H3. The van der Waals surface area contributed by atoms with Crippen LogP contribution in [0.1, 0.15) is 37.4 Å². The number of nitrogens with zero attached hydrogens (tertiary/aromatic N) is 3. The maximum Gasteiger partial charge on any atom is 0.268 e. The zero-order valence-electron chi connectivity index (χ0n) is 12.6. The monoisotopic (exact) mass is 300 g/mol. The first-order valence-electron chi connectivity index (χ1n) is 6.89. The molecule has 114 valence electrons. The molecule has 0 aromatic carbocycles. The van der Waals surface area contributed by atoms with Gasteiger partial charge in [-0.3, -0.25) is 4.79 Å². The molecule has 0 radical (unpaired) electrons. The largest absolute Gasteiger partial charge is 0.395 e. The van der Waals surface area contributed by atoms with Crippen LogP contribution in [0.25, 0.3) is 0 Å². The fourth-order valence-corrected chi connectivity index (χ4v) is 3.00. The van der Waals surface area contributed by atoms with Gasteiger partial charge in [0.1, 0.15) is 10.7 Å². The number of aliphatic hydroxyl groups is 1. The van der Waals surface area contributed by atoms with Crippen LogP contribution in [0.5, 0.6) is 0 Å². The van der Waals surface area contributed by atoms with Crippen LogP contribution in [0.4, 0.5) is 10.9 Å². The first kappa shape index (κ1) is 16.7. The molecule has 0 spiro atoms. The molecule has 0 saturated heterocycles. The Morgan fingerprint density at radius 2 is 2.00 bits per heavy atom. The molecule has 1 rings (SSSR count). The number of amides is 1. The van der Waals surface area contributed by atoms with Gasteiger partial charge in [-0.15, -0.1) is 0 Å². The third-order valence-electron chi connectivity index (χ3n) is 3.10. The van der Waals surface area contributed by atoms with E-state index in [0.717, 1.165) is 18.2 Å². The van der Waals surface area contributed by atoms with Gasteiger partial charge in [0.05, 0.1) is 6.61 Å². The topological polar surface area (TPSA) is 82.7 Å². The number of nitrogen functional groups attached to an aromatic ring is 1. The number of carbonyl (C=O) groups is 1. The van der Waals surface area contributed by atoms with E-state index in [1.165, 1.54) is 11.3 Å². The van der Waals surface area contributed by atoms with Crippen molar-refractivity contribution >= 4 is 28.2 Å². The second kappa shape index (κ2) is 7.44. The number of aliphatic hydroxyl groups excluding tert-OH is 1. The molecule has 3 N–H and O–H groups in total. The molecule has 20 heavy (non-hydrogen) atoms. The summed E-state index contributed by atoms with van der Waals surface area (Å²) in [6.45, 7) is 9.78. The first-order valence-corrected chi connectivity index (χ1v) is 7.70. The van der Waals surface area contributed by atoms with Crippen LogP contribution in [0.3, 0.4) is 0 Å². The number of anilines is 2.